The van der Waals surface area contributed by atoms with Gasteiger partial charge in [0.05, 0.1) is 5.69 Å². The number of rotatable bonds is 6. The number of thioether (sulfide) groups is 1. The van der Waals surface area contributed by atoms with Crippen LogP contribution in [0.3, 0.4) is 0 Å². The van der Waals surface area contributed by atoms with Crippen LogP contribution in [0, 0.1) is 18.7 Å². The van der Waals surface area contributed by atoms with Crippen LogP contribution in [0.2, 0.25) is 0 Å². The SMILES string of the molecule is Cc1ccccc1N=C1S[C@@H](CC(=O)Nc2ccc(F)cc2)C(=O)N1CC(C)C. The summed E-state index contributed by atoms with van der Waals surface area (Å²) in [5, 5.41) is 2.81. The van der Waals surface area contributed by atoms with Gasteiger partial charge in [-0.2, -0.15) is 0 Å². The van der Waals surface area contributed by atoms with Gasteiger partial charge in [-0.3, -0.25) is 14.5 Å². The zero-order valence-electron chi connectivity index (χ0n) is 16.7. The zero-order chi connectivity index (χ0) is 21.0. The van der Waals surface area contributed by atoms with E-state index < -0.39 is 5.25 Å². The Balaban J connectivity index is 1.76. The average Bonchev–Trinajstić information content (AvgIpc) is 2.94. The first-order valence-electron chi connectivity index (χ1n) is 9.51. The number of carbonyl (C=O) groups is 2. The van der Waals surface area contributed by atoms with Crippen LogP contribution in [0.25, 0.3) is 0 Å². The second-order valence-corrected chi connectivity index (χ2v) is 8.56. The second kappa shape index (κ2) is 9.22. The molecule has 0 spiro atoms. The van der Waals surface area contributed by atoms with E-state index in [1.54, 1.807) is 4.90 Å². The lowest BCUT2D eigenvalue weighted by atomic mass is 10.2. The highest BCUT2D eigenvalue weighted by Crippen LogP contribution is 2.33. The van der Waals surface area contributed by atoms with Crippen molar-refractivity contribution in [3.8, 4) is 0 Å². The first-order chi connectivity index (χ1) is 13.8. The summed E-state index contributed by atoms with van der Waals surface area (Å²) in [6, 6.07) is 13.3. The molecule has 152 valence electrons. The van der Waals surface area contributed by atoms with Gasteiger partial charge in [-0.1, -0.05) is 43.8 Å². The fourth-order valence-electron chi connectivity index (χ4n) is 2.96. The molecule has 1 atom stereocenters. The van der Waals surface area contributed by atoms with Crippen LogP contribution >= 0.6 is 11.8 Å². The van der Waals surface area contributed by atoms with E-state index in [4.69, 9.17) is 4.99 Å². The first kappa shape index (κ1) is 21.0. The summed E-state index contributed by atoms with van der Waals surface area (Å²) >= 11 is 1.32. The number of aryl methyl sites for hydroxylation is 1. The number of carbonyl (C=O) groups excluding carboxylic acids is 2. The molecule has 1 N–H and O–H groups in total. The Kier molecular flexibility index (Phi) is 6.69. The predicted molar refractivity (Wildman–Crippen MR) is 116 cm³/mol. The third-order valence-corrected chi connectivity index (χ3v) is 5.57. The maximum atomic E-state index is 13.0. The van der Waals surface area contributed by atoms with E-state index in [0.29, 0.717) is 17.4 Å². The van der Waals surface area contributed by atoms with Crippen LogP contribution in [0.1, 0.15) is 25.8 Å². The zero-order valence-corrected chi connectivity index (χ0v) is 17.5. The standard InChI is InChI=1S/C22H24FN3O2S/c1-14(2)13-26-21(28)19(12-20(27)24-17-10-8-16(23)9-11-17)29-22(26)25-18-7-5-4-6-15(18)3/h4-11,14,19H,12-13H2,1-3H3,(H,24,27)/t19-/m0/s1. The van der Waals surface area contributed by atoms with Crippen molar-refractivity contribution in [1.29, 1.82) is 0 Å². The largest absolute Gasteiger partial charge is 0.326 e. The molecule has 3 rings (SSSR count). The average molecular weight is 414 g/mol. The molecule has 1 aliphatic rings. The number of nitrogens with zero attached hydrogens (tertiary/aromatic N) is 2. The molecule has 1 saturated heterocycles. The number of anilines is 1. The van der Waals surface area contributed by atoms with Gasteiger partial charge in [0.1, 0.15) is 11.1 Å². The molecule has 0 bridgehead atoms. The minimum Gasteiger partial charge on any atom is -0.326 e. The van der Waals surface area contributed by atoms with Crippen molar-refractivity contribution in [2.24, 2.45) is 10.9 Å². The summed E-state index contributed by atoms with van der Waals surface area (Å²) in [6.07, 6.45) is 0.0300. The molecule has 29 heavy (non-hydrogen) atoms. The monoisotopic (exact) mass is 413 g/mol. The summed E-state index contributed by atoms with van der Waals surface area (Å²) in [5.41, 5.74) is 2.34. The van der Waals surface area contributed by atoms with Crippen LogP contribution in [0.5, 0.6) is 0 Å². The Morgan fingerprint density at radius 2 is 1.90 bits per heavy atom. The number of halogens is 1. The lowest BCUT2D eigenvalue weighted by Crippen LogP contribution is -2.36. The van der Waals surface area contributed by atoms with Gasteiger partial charge in [0.2, 0.25) is 11.8 Å². The van der Waals surface area contributed by atoms with Gasteiger partial charge in [-0.25, -0.2) is 9.38 Å². The highest BCUT2D eigenvalue weighted by molar-refractivity contribution is 8.15. The predicted octanol–water partition coefficient (Wildman–Crippen LogP) is 4.75. The number of benzene rings is 2. The summed E-state index contributed by atoms with van der Waals surface area (Å²) in [7, 11) is 0. The Morgan fingerprint density at radius 1 is 1.21 bits per heavy atom. The number of amides is 2. The molecule has 7 heteroatoms. The van der Waals surface area contributed by atoms with Crippen molar-refractivity contribution in [2.75, 3.05) is 11.9 Å². The number of hydrogen-bond donors (Lipinski definition) is 1. The lowest BCUT2D eigenvalue weighted by molar-refractivity contribution is -0.128. The van der Waals surface area contributed by atoms with Crippen molar-refractivity contribution >= 4 is 40.1 Å². The van der Waals surface area contributed by atoms with E-state index in [2.05, 4.69) is 5.32 Å². The van der Waals surface area contributed by atoms with Gasteiger partial charge in [0.25, 0.3) is 0 Å². The highest BCUT2D eigenvalue weighted by Gasteiger charge is 2.39. The van der Waals surface area contributed by atoms with Crippen molar-refractivity contribution < 1.29 is 14.0 Å². The maximum Gasteiger partial charge on any atom is 0.242 e. The fourth-order valence-corrected chi connectivity index (χ4v) is 4.12. The molecule has 1 aliphatic heterocycles. The molecular weight excluding hydrogens is 389 g/mol. The Labute approximate surface area is 174 Å². The van der Waals surface area contributed by atoms with E-state index in [9.17, 15) is 14.0 Å². The van der Waals surface area contributed by atoms with E-state index in [1.165, 1.54) is 36.0 Å². The van der Waals surface area contributed by atoms with Gasteiger partial charge >= 0.3 is 0 Å². The molecule has 0 aromatic heterocycles. The lowest BCUT2D eigenvalue weighted by Gasteiger charge is -2.19. The van der Waals surface area contributed by atoms with Crippen LogP contribution < -0.4 is 5.32 Å². The van der Waals surface area contributed by atoms with Crippen molar-refractivity contribution in [2.45, 2.75) is 32.4 Å². The number of hydrogen-bond acceptors (Lipinski definition) is 4. The minimum absolute atomic E-state index is 0.0300. The maximum absolute atomic E-state index is 13.0. The van der Waals surface area contributed by atoms with Crippen molar-refractivity contribution in [3.05, 3.63) is 59.9 Å². The molecular formula is C22H24FN3O2S. The number of amidine groups is 1. The Hall–Kier alpha value is -2.67. The summed E-state index contributed by atoms with van der Waals surface area (Å²) in [6.45, 7) is 6.60. The normalized spacial score (nSPS) is 18.0. The van der Waals surface area contributed by atoms with E-state index in [-0.39, 0.29) is 30.0 Å². The van der Waals surface area contributed by atoms with Crippen LogP contribution in [-0.2, 0) is 9.59 Å². The van der Waals surface area contributed by atoms with E-state index in [0.717, 1.165) is 11.3 Å². The second-order valence-electron chi connectivity index (χ2n) is 7.39. The Morgan fingerprint density at radius 3 is 2.55 bits per heavy atom. The summed E-state index contributed by atoms with van der Waals surface area (Å²) in [4.78, 5) is 31.8. The quantitative estimate of drug-likeness (QED) is 0.743. The summed E-state index contributed by atoms with van der Waals surface area (Å²) in [5.74, 6) is -0.492. The van der Waals surface area contributed by atoms with Gasteiger partial charge in [-0.15, -0.1) is 0 Å². The molecule has 2 aromatic rings. The molecule has 0 radical (unpaired) electrons. The molecule has 1 fully saturated rings. The minimum atomic E-state index is -0.531. The van der Waals surface area contributed by atoms with Crippen molar-refractivity contribution in [1.82, 2.24) is 4.90 Å². The molecule has 0 aliphatic carbocycles. The molecule has 2 amide bonds. The van der Waals surface area contributed by atoms with E-state index >= 15 is 0 Å². The van der Waals surface area contributed by atoms with Gasteiger partial charge in [0.15, 0.2) is 5.17 Å². The van der Waals surface area contributed by atoms with Crippen LogP contribution in [0.15, 0.2) is 53.5 Å². The Bertz CT molecular complexity index is 928. The van der Waals surface area contributed by atoms with Crippen LogP contribution in [0.4, 0.5) is 15.8 Å². The third-order valence-electron chi connectivity index (χ3n) is 4.40. The molecule has 5 nitrogen and oxygen atoms in total. The fraction of sp³-hybridized carbons (Fsp3) is 0.318. The van der Waals surface area contributed by atoms with E-state index in [1.807, 2.05) is 45.0 Å². The number of nitrogens with one attached hydrogen (secondary N) is 1. The number of para-hydroxylation sites is 1. The first-order valence-corrected chi connectivity index (χ1v) is 10.4. The molecule has 1 heterocycles. The smallest absolute Gasteiger partial charge is 0.242 e. The third kappa shape index (κ3) is 5.44. The van der Waals surface area contributed by atoms with Crippen LogP contribution in [-0.4, -0.2) is 33.7 Å². The molecule has 2 aromatic carbocycles. The summed E-state index contributed by atoms with van der Waals surface area (Å²) < 4.78 is 13.0. The topological polar surface area (TPSA) is 61.8 Å². The number of aliphatic imine (C=N–C) groups is 1. The van der Waals surface area contributed by atoms with Gasteiger partial charge < -0.3 is 5.32 Å². The molecule has 0 saturated carbocycles. The van der Waals surface area contributed by atoms with Gasteiger partial charge in [-0.05, 0) is 48.7 Å². The molecule has 0 unspecified atom stereocenters. The van der Waals surface area contributed by atoms with Gasteiger partial charge in [0, 0.05) is 18.7 Å². The van der Waals surface area contributed by atoms with Crippen molar-refractivity contribution in [3.63, 3.8) is 0 Å². The highest BCUT2D eigenvalue weighted by atomic mass is 32.2.